The third-order valence-electron chi connectivity index (χ3n) is 4.08. The molecule has 0 saturated heterocycles. The van der Waals surface area contributed by atoms with Gasteiger partial charge >= 0.3 is 0 Å². The average molecular weight is 324 g/mol. The molecule has 0 unspecified atom stereocenters. The van der Waals surface area contributed by atoms with Crippen LogP contribution in [-0.4, -0.2) is 30.3 Å². The van der Waals surface area contributed by atoms with Crippen LogP contribution in [0.3, 0.4) is 0 Å². The molecule has 2 amide bonds. The summed E-state index contributed by atoms with van der Waals surface area (Å²) in [5, 5.41) is 2.89. The van der Waals surface area contributed by atoms with Gasteiger partial charge in [0.15, 0.2) is 0 Å². The lowest BCUT2D eigenvalue weighted by molar-refractivity contribution is -0.132. The van der Waals surface area contributed by atoms with E-state index in [0.29, 0.717) is 6.42 Å². The minimum Gasteiger partial charge on any atom is -0.336 e. The van der Waals surface area contributed by atoms with E-state index in [1.54, 1.807) is 7.05 Å². The Hall–Kier alpha value is -2.62. The van der Waals surface area contributed by atoms with Crippen LogP contribution in [0.4, 0.5) is 5.69 Å². The molecule has 4 nitrogen and oxygen atoms in total. The van der Waals surface area contributed by atoms with E-state index < -0.39 is 0 Å². The van der Waals surface area contributed by atoms with Crippen LogP contribution in [0.5, 0.6) is 0 Å². The number of hydrogen-bond acceptors (Lipinski definition) is 2. The van der Waals surface area contributed by atoms with Crippen molar-refractivity contribution in [3.63, 3.8) is 0 Å². The molecule has 0 aromatic heterocycles. The number of para-hydroxylation sites is 1. The number of anilines is 1. The quantitative estimate of drug-likeness (QED) is 0.887. The van der Waals surface area contributed by atoms with E-state index in [0.717, 1.165) is 28.8 Å². The van der Waals surface area contributed by atoms with E-state index in [-0.39, 0.29) is 18.4 Å². The summed E-state index contributed by atoms with van der Waals surface area (Å²) in [6, 6.07) is 15.5. The molecule has 0 aliphatic heterocycles. The van der Waals surface area contributed by atoms with Crippen molar-refractivity contribution in [2.45, 2.75) is 26.7 Å². The highest BCUT2D eigenvalue weighted by Gasteiger charge is 2.15. The summed E-state index contributed by atoms with van der Waals surface area (Å²) in [6.45, 7) is 4.07. The van der Waals surface area contributed by atoms with Crippen LogP contribution in [-0.2, 0) is 22.4 Å². The number of amides is 2. The van der Waals surface area contributed by atoms with E-state index in [9.17, 15) is 9.59 Å². The van der Waals surface area contributed by atoms with Gasteiger partial charge in [-0.25, -0.2) is 0 Å². The fraction of sp³-hybridized carbons (Fsp3) is 0.300. The Balaban J connectivity index is 1.93. The van der Waals surface area contributed by atoms with Crippen molar-refractivity contribution in [1.29, 1.82) is 0 Å². The lowest BCUT2D eigenvalue weighted by atomic mass is 10.1. The van der Waals surface area contributed by atoms with Crippen molar-refractivity contribution in [2.24, 2.45) is 0 Å². The fourth-order valence-electron chi connectivity index (χ4n) is 2.55. The lowest BCUT2D eigenvalue weighted by Gasteiger charge is -2.18. The Kier molecular flexibility index (Phi) is 6.13. The lowest BCUT2D eigenvalue weighted by Crippen LogP contribution is -2.36. The molecule has 2 aromatic carbocycles. The van der Waals surface area contributed by atoms with Gasteiger partial charge in [-0.1, -0.05) is 49.4 Å². The number of carbonyl (C=O) groups is 2. The van der Waals surface area contributed by atoms with Gasteiger partial charge in [0.05, 0.1) is 13.0 Å². The summed E-state index contributed by atoms with van der Waals surface area (Å²) in [4.78, 5) is 26.0. The van der Waals surface area contributed by atoms with Crippen molar-refractivity contribution < 1.29 is 9.59 Å². The first-order valence-electron chi connectivity index (χ1n) is 8.17. The maximum absolute atomic E-state index is 12.3. The van der Waals surface area contributed by atoms with E-state index in [1.807, 2.05) is 62.4 Å². The summed E-state index contributed by atoms with van der Waals surface area (Å²) in [5.41, 5.74) is 3.97. The molecule has 126 valence electrons. The van der Waals surface area contributed by atoms with Gasteiger partial charge < -0.3 is 10.2 Å². The molecule has 24 heavy (non-hydrogen) atoms. The zero-order valence-corrected chi connectivity index (χ0v) is 14.5. The second kappa shape index (κ2) is 8.29. The van der Waals surface area contributed by atoms with E-state index in [1.165, 1.54) is 4.90 Å². The largest absolute Gasteiger partial charge is 0.336 e. The minimum absolute atomic E-state index is 0.0444. The normalized spacial score (nSPS) is 10.3. The zero-order chi connectivity index (χ0) is 17.5. The van der Waals surface area contributed by atoms with E-state index in [2.05, 4.69) is 5.32 Å². The molecular weight excluding hydrogens is 300 g/mol. The van der Waals surface area contributed by atoms with Gasteiger partial charge in [-0.05, 0) is 36.1 Å². The zero-order valence-electron chi connectivity index (χ0n) is 14.5. The van der Waals surface area contributed by atoms with Crippen LogP contribution in [0.1, 0.15) is 23.6 Å². The second-order valence-electron chi connectivity index (χ2n) is 5.91. The third-order valence-corrected chi connectivity index (χ3v) is 4.08. The van der Waals surface area contributed by atoms with Crippen LogP contribution in [0, 0.1) is 6.92 Å². The molecule has 0 atom stereocenters. The molecule has 0 aliphatic carbocycles. The number of hydrogen-bond donors (Lipinski definition) is 1. The molecule has 0 radical (unpaired) electrons. The Morgan fingerprint density at radius 2 is 1.62 bits per heavy atom. The van der Waals surface area contributed by atoms with Crippen LogP contribution in [0.25, 0.3) is 0 Å². The van der Waals surface area contributed by atoms with Gasteiger partial charge in [0, 0.05) is 12.7 Å². The average Bonchev–Trinajstić information content (AvgIpc) is 2.57. The van der Waals surface area contributed by atoms with Crippen LogP contribution in [0.2, 0.25) is 0 Å². The van der Waals surface area contributed by atoms with Gasteiger partial charge in [0.1, 0.15) is 0 Å². The molecule has 1 N–H and O–H groups in total. The number of nitrogens with zero attached hydrogens (tertiary/aromatic N) is 1. The van der Waals surface area contributed by atoms with Crippen LogP contribution in [0.15, 0.2) is 48.5 Å². The molecule has 0 spiro atoms. The predicted molar refractivity (Wildman–Crippen MR) is 97.0 cm³/mol. The second-order valence-corrected chi connectivity index (χ2v) is 5.91. The first-order chi connectivity index (χ1) is 11.5. The Morgan fingerprint density at radius 3 is 2.29 bits per heavy atom. The van der Waals surface area contributed by atoms with Gasteiger partial charge in [-0.3, -0.25) is 9.59 Å². The highest BCUT2D eigenvalue weighted by molar-refractivity contribution is 5.95. The van der Waals surface area contributed by atoms with Crippen molar-refractivity contribution in [3.8, 4) is 0 Å². The maximum Gasteiger partial charge on any atom is 0.243 e. The number of aryl methyl sites for hydroxylation is 2. The molecule has 0 fully saturated rings. The monoisotopic (exact) mass is 324 g/mol. The Bertz CT molecular complexity index is 725. The number of nitrogens with one attached hydrogen (secondary N) is 1. The van der Waals surface area contributed by atoms with Crippen LogP contribution < -0.4 is 5.32 Å². The number of rotatable bonds is 6. The molecule has 2 aromatic rings. The Labute approximate surface area is 143 Å². The number of carbonyl (C=O) groups excluding carboxylic acids is 2. The minimum atomic E-state index is -0.184. The SMILES string of the molecule is CCc1ccccc1NC(=O)CN(C)C(=O)Cc1ccccc1C. The van der Waals surface area contributed by atoms with E-state index >= 15 is 0 Å². The molecule has 2 rings (SSSR count). The summed E-state index contributed by atoms with van der Waals surface area (Å²) in [5.74, 6) is -0.250. The smallest absolute Gasteiger partial charge is 0.243 e. The summed E-state index contributed by atoms with van der Waals surface area (Å²) in [6.07, 6.45) is 1.15. The summed E-state index contributed by atoms with van der Waals surface area (Å²) < 4.78 is 0. The fourth-order valence-corrected chi connectivity index (χ4v) is 2.55. The first kappa shape index (κ1) is 17.7. The highest BCUT2D eigenvalue weighted by atomic mass is 16.2. The Morgan fingerprint density at radius 1 is 1.00 bits per heavy atom. The van der Waals surface area contributed by atoms with Crippen molar-refractivity contribution >= 4 is 17.5 Å². The molecule has 0 heterocycles. The van der Waals surface area contributed by atoms with Crippen molar-refractivity contribution in [1.82, 2.24) is 4.90 Å². The van der Waals surface area contributed by atoms with Crippen LogP contribution >= 0.6 is 0 Å². The highest BCUT2D eigenvalue weighted by Crippen LogP contribution is 2.15. The van der Waals surface area contributed by atoms with Crippen molar-refractivity contribution in [3.05, 3.63) is 65.2 Å². The molecule has 0 bridgehead atoms. The predicted octanol–water partition coefficient (Wildman–Crippen LogP) is 3.20. The number of benzene rings is 2. The van der Waals surface area contributed by atoms with Gasteiger partial charge in [-0.2, -0.15) is 0 Å². The third kappa shape index (κ3) is 4.69. The maximum atomic E-state index is 12.3. The standard InChI is InChI=1S/C20H24N2O2/c1-4-16-10-7-8-12-18(16)21-19(23)14-22(3)20(24)13-17-11-6-5-9-15(17)2/h5-12H,4,13-14H2,1-3H3,(H,21,23). The van der Waals surface area contributed by atoms with Crippen molar-refractivity contribution in [2.75, 3.05) is 18.9 Å². The molecule has 4 heteroatoms. The molecule has 0 aliphatic rings. The summed E-state index contributed by atoms with van der Waals surface area (Å²) >= 11 is 0. The van der Waals surface area contributed by atoms with Gasteiger partial charge in [0.2, 0.25) is 11.8 Å². The van der Waals surface area contributed by atoms with Gasteiger partial charge in [-0.15, -0.1) is 0 Å². The number of likely N-dealkylation sites (N-methyl/N-ethyl adjacent to an activating group) is 1. The molecular formula is C20H24N2O2. The van der Waals surface area contributed by atoms with E-state index in [4.69, 9.17) is 0 Å². The first-order valence-corrected chi connectivity index (χ1v) is 8.17. The summed E-state index contributed by atoms with van der Waals surface area (Å²) in [7, 11) is 1.66. The topological polar surface area (TPSA) is 49.4 Å². The molecule has 0 saturated carbocycles. The van der Waals surface area contributed by atoms with Gasteiger partial charge in [0.25, 0.3) is 0 Å².